The van der Waals surface area contributed by atoms with Crippen LogP contribution in [0.25, 0.3) is 0 Å². The second-order valence-corrected chi connectivity index (χ2v) is 11.4. The molecular formula is C35H18F10O12. The number of benzene rings is 4. The summed E-state index contributed by atoms with van der Waals surface area (Å²) in [6.07, 6.45) is 0. The van der Waals surface area contributed by atoms with Crippen molar-refractivity contribution in [3.8, 4) is 11.5 Å². The van der Waals surface area contributed by atoms with Gasteiger partial charge in [0.25, 0.3) is 0 Å². The maximum Gasteiger partial charge on any atom is 0.385 e. The maximum atomic E-state index is 14.9. The molecule has 0 heterocycles. The van der Waals surface area contributed by atoms with Crippen LogP contribution in [0.1, 0.15) is 73.3 Å². The first-order valence-electron chi connectivity index (χ1n) is 14.9. The molecule has 4 aromatic carbocycles. The van der Waals surface area contributed by atoms with E-state index in [1.165, 1.54) is 0 Å². The zero-order valence-electron chi connectivity index (χ0n) is 27.4. The van der Waals surface area contributed by atoms with E-state index in [4.69, 9.17) is 29.9 Å². The highest BCUT2D eigenvalue weighted by molar-refractivity contribution is 6.05. The Bertz CT molecular complexity index is 2130. The molecule has 4 N–H and O–H groups in total. The molecule has 22 heteroatoms. The first-order valence-corrected chi connectivity index (χ1v) is 14.9. The molecule has 0 radical (unpaired) electrons. The molecule has 0 aromatic heterocycles. The Labute approximate surface area is 309 Å². The highest BCUT2D eigenvalue weighted by Gasteiger charge is 2.86. The van der Waals surface area contributed by atoms with E-state index in [0.29, 0.717) is 24.3 Å². The van der Waals surface area contributed by atoms with Crippen molar-refractivity contribution in [1.29, 1.82) is 0 Å². The highest BCUT2D eigenvalue weighted by Crippen LogP contribution is 2.61. The minimum absolute atomic E-state index is 0.109. The van der Waals surface area contributed by atoms with Crippen LogP contribution in [0.5, 0.6) is 11.5 Å². The summed E-state index contributed by atoms with van der Waals surface area (Å²) < 4.78 is 158. The van der Waals surface area contributed by atoms with Crippen LogP contribution in [-0.4, -0.2) is 74.0 Å². The molecule has 0 aliphatic carbocycles. The van der Waals surface area contributed by atoms with Crippen LogP contribution < -0.4 is 9.47 Å². The monoisotopic (exact) mass is 820 g/mol. The van der Waals surface area contributed by atoms with Crippen molar-refractivity contribution in [2.75, 3.05) is 0 Å². The Morgan fingerprint density at radius 3 is 0.930 bits per heavy atom. The number of alkyl halides is 10. The molecule has 4 aromatic rings. The SMILES string of the molecule is O=C(Oc1ccc(C(F)(F)C(F)(F)C(F)(F)C(F)(F)C(F)(F)c2ccc(OC(=O)c3ccc(C(=O)O)c(C(=O)O)c3)cc2)cc1)c1ccc(C(=O)O)c(C(=O)O)c1. The maximum absolute atomic E-state index is 14.9. The number of carbonyl (C=O) groups excluding carboxylic acids is 2. The number of esters is 2. The number of carboxylic acids is 4. The highest BCUT2D eigenvalue weighted by atomic mass is 19.4. The Balaban J connectivity index is 1.54. The number of carboxylic acid groups (broad SMARTS) is 4. The molecule has 57 heavy (non-hydrogen) atoms. The van der Waals surface area contributed by atoms with Crippen molar-refractivity contribution in [3.05, 3.63) is 129 Å². The minimum atomic E-state index is -7.54. The van der Waals surface area contributed by atoms with Gasteiger partial charge in [0.1, 0.15) is 11.5 Å². The fourth-order valence-corrected chi connectivity index (χ4v) is 4.82. The number of carbonyl (C=O) groups is 6. The Morgan fingerprint density at radius 1 is 0.386 bits per heavy atom. The number of hydrogen-bond donors (Lipinski definition) is 4. The summed E-state index contributed by atoms with van der Waals surface area (Å²) in [5.41, 5.74) is -8.87. The van der Waals surface area contributed by atoms with Gasteiger partial charge in [0.05, 0.1) is 33.4 Å². The standard InChI is InChI=1S/C35H18F10O12/c36-31(37,17-3-7-19(8-4-17)56-29(54)15-1-11-21(25(46)47)23(13-15)27(50)51)33(40,41)35(44,45)34(42,43)32(38,39)18-5-9-20(10-6-18)57-30(55)16-2-12-22(26(48)49)24(14-16)28(52)53/h1-14H,(H,46,47)(H,48,49)(H,50,51)(H,52,53). The normalized spacial score (nSPS) is 12.4. The van der Waals surface area contributed by atoms with E-state index in [0.717, 1.165) is 12.1 Å². The fourth-order valence-electron chi connectivity index (χ4n) is 4.82. The number of halogens is 10. The van der Waals surface area contributed by atoms with E-state index in [1.807, 2.05) is 0 Å². The van der Waals surface area contributed by atoms with Gasteiger partial charge in [-0.3, -0.25) is 0 Å². The molecule has 0 atom stereocenters. The van der Waals surface area contributed by atoms with E-state index in [1.54, 1.807) is 0 Å². The number of aromatic carboxylic acids is 4. The van der Waals surface area contributed by atoms with Crippen LogP contribution in [0, 0.1) is 0 Å². The third-order valence-electron chi connectivity index (χ3n) is 7.86. The number of rotatable bonds is 14. The van der Waals surface area contributed by atoms with Gasteiger partial charge in [-0.15, -0.1) is 0 Å². The lowest BCUT2D eigenvalue weighted by atomic mass is 9.88. The molecule has 0 saturated carbocycles. The lowest BCUT2D eigenvalue weighted by Crippen LogP contribution is -2.65. The van der Waals surface area contributed by atoms with Crippen molar-refractivity contribution in [3.63, 3.8) is 0 Å². The van der Waals surface area contributed by atoms with E-state index < -0.39 is 121 Å². The smallest absolute Gasteiger partial charge is 0.385 e. The zero-order valence-corrected chi connectivity index (χ0v) is 27.4. The predicted molar refractivity (Wildman–Crippen MR) is 166 cm³/mol. The first-order chi connectivity index (χ1) is 26.2. The van der Waals surface area contributed by atoms with Crippen LogP contribution in [-0.2, 0) is 11.8 Å². The summed E-state index contributed by atoms with van der Waals surface area (Å²) in [5.74, 6) is -46.4. The molecule has 4 rings (SSSR count). The van der Waals surface area contributed by atoms with Crippen LogP contribution in [0.4, 0.5) is 43.9 Å². The Kier molecular flexibility index (Phi) is 11.2. The third-order valence-corrected chi connectivity index (χ3v) is 7.86. The van der Waals surface area contributed by atoms with Gasteiger partial charge in [0.15, 0.2) is 0 Å². The lowest BCUT2D eigenvalue weighted by molar-refractivity contribution is -0.407. The van der Waals surface area contributed by atoms with Gasteiger partial charge in [-0.1, -0.05) is 0 Å². The number of ether oxygens (including phenoxy) is 2. The molecule has 0 unspecified atom stereocenters. The quantitative estimate of drug-likeness (QED) is 0.0549. The molecule has 0 fully saturated rings. The van der Waals surface area contributed by atoms with Crippen LogP contribution in [0.3, 0.4) is 0 Å². The van der Waals surface area contributed by atoms with Gasteiger partial charge in [-0.25, -0.2) is 28.8 Å². The van der Waals surface area contributed by atoms with Crippen molar-refractivity contribution >= 4 is 35.8 Å². The third kappa shape index (κ3) is 7.64. The van der Waals surface area contributed by atoms with Gasteiger partial charge >= 0.3 is 65.4 Å². The second-order valence-electron chi connectivity index (χ2n) is 11.4. The summed E-state index contributed by atoms with van der Waals surface area (Å²) in [6, 6.07) is 4.68. The van der Waals surface area contributed by atoms with Crippen LogP contribution >= 0.6 is 0 Å². The molecule has 300 valence electrons. The molecule has 0 spiro atoms. The lowest BCUT2D eigenvalue weighted by Gasteiger charge is -2.39. The van der Waals surface area contributed by atoms with Crippen molar-refractivity contribution < 1.29 is 103 Å². The van der Waals surface area contributed by atoms with E-state index in [-0.39, 0.29) is 48.5 Å². The van der Waals surface area contributed by atoms with Gasteiger partial charge in [0, 0.05) is 11.1 Å². The van der Waals surface area contributed by atoms with Gasteiger partial charge in [0.2, 0.25) is 0 Å². The summed E-state index contributed by atoms with van der Waals surface area (Å²) in [7, 11) is 0. The Hall–Kier alpha value is -7.00. The van der Waals surface area contributed by atoms with E-state index in [2.05, 4.69) is 0 Å². The number of hydrogen-bond acceptors (Lipinski definition) is 8. The average Bonchev–Trinajstić information content (AvgIpc) is 3.14. The van der Waals surface area contributed by atoms with E-state index in [9.17, 15) is 72.7 Å². The molecule has 0 bridgehead atoms. The predicted octanol–water partition coefficient (Wildman–Crippen LogP) is 7.71. The zero-order chi connectivity index (χ0) is 43.1. The minimum Gasteiger partial charge on any atom is -0.478 e. The van der Waals surface area contributed by atoms with Gasteiger partial charge in [-0.2, -0.15) is 43.9 Å². The van der Waals surface area contributed by atoms with Gasteiger partial charge in [-0.05, 0) is 84.9 Å². The van der Waals surface area contributed by atoms with Crippen molar-refractivity contribution in [2.45, 2.75) is 29.6 Å². The molecule has 0 aliphatic heterocycles. The second kappa shape index (κ2) is 14.9. The molecule has 12 nitrogen and oxygen atoms in total. The van der Waals surface area contributed by atoms with Crippen molar-refractivity contribution in [2.24, 2.45) is 0 Å². The van der Waals surface area contributed by atoms with Crippen molar-refractivity contribution in [1.82, 2.24) is 0 Å². The Morgan fingerprint density at radius 2 is 0.667 bits per heavy atom. The molecule has 0 amide bonds. The molecule has 0 aliphatic rings. The van der Waals surface area contributed by atoms with Crippen LogP contribution in [0.2, 0.25) is 0 Å². The topological polar surface area (TPSA) is 202 Å². The van der Waals surface area contributed by atoms with Gasteiger partial charge < -0.3 is 29.9 Å². The summed E-state index contributed by atoms with van der Waals surface area (Å²) >= 11 is 0. The fraction of sp³-hybridized carbons (Fsp3) is 0.143. The summed E-state index contributed by atoms with van der Waals surface area (Å²) in [4.78, 5) is 69.8. The largest absolute Gasteiger partial charge is 0.478 e. The molecule has 0 saturated heterocycles. The first kappa shape index (κ1) is 42.7. The van der Waals surface area contributed by atoms with Crippen LogP contribution in [0.15, 0.2) is 84.9 Å². The summed E-state index contributed by atoms with van der Waals surface area (Å²) in [5, 5.41) is 36.4. The molecular weight excluding hydrogens is 802 g/mol. The van der Waals surface area contributed by atoms with E-state index >= 15 is 0 Å². The average molecular weight is 820 g/mol. The summed E-state index contributed by atoms with van der Waals surface area (Å²) in [6.45, 7) is 0.